The minimum Gasteiger partial charge on any atom is -0.320 e. The van der Waals surface area contributed by atoms with E-state index in [9.17, 15) is 4.79 Å². The summed E-state index contributed by atoms with van der Waals surface area (Å²) in [5, 5.41) is 2.73. The SMILES string of the molecule is CCCC[C@H](N)C(=O)Nc1c(Cl)ncnc1Cl. The number of hydrogen-bond acceptors (Lipinski definition) is 4. The average molecular weight is 277 g/mol. The molecule has 0 saturated carbocycles. The second kappa shape index (κ2) is 6.74. The highest BCUT2D eigenvalue weighted by atomic mass is 35.5. The predicted molar refractivity (Wildman–Crippen MR) is 68.2 cm³/mol. The number of carbonyl (C=O) groups excluding carboxylic acids is 1. The van der Waals surface area contributed by atoms with E-state index >= 15 is 0 Å². The van der Waals surface area contributed by atoms with E-state index < -0.39 is 6.04 Å². The van der Waals surface area contributed by atoms with Crippen LogP contribution in [-0.4, -0.2) is 21.9 Å². The number of nitrogens with two attached hydrogens (primary N) is 1. The summed E-state index contributed by atoms with van der Waals surface area (Å²) in [4.78, 5) is 19.2. The lowest BCUT2D eigenvalue weighted by atomic mass is 10.1. The molecule has 0 fully saturated rings. The zero-order chi connectivity index (χ0) is 12.8. The number of amides is 1. The molecule has 0 radical (unpaired) electrons. The first-order valence-electron chi connectivity index (χ1n) is 5.28. The van der Waals surface area contributed by atoms with Crippen LogP contribution in [0.3, 0.4) is 0 Å². The maximum atomic E-state index is 11.7. The molecule has 1 aromatic heterocycles. The van der Waals surface area contributed by atoms with Crippen LogP contribution < -0.4 is 11.1 Å². The molecule has 0 aliphatic rings. The van der Waals surface area contributed by atoms with Crippen molar-refractivity contribution < 1.29 is 4.79 Å². The number of nitrogens with one attached hydrogen (secondary N) is 1. The highest BCUT2D eigenvalue weighted by Gasteiger charge is 2.17. The monoisotopic (exact) mass is 276 g/mol. The molecule has 0 aliphatic heterocycles. The number of aromatic nitrogens is 2. The van der Waals surface area contributed by atoms with Crippen LogP contribution in [-0.2, 0) is 4.79 Å². The van der Waals surface area contributed by atoms with Gasteiger partial charge in [-0.25, -0.2) is 9.97 Å². The molecule has 94 valence electrons. The fourth-order valence-electron chi connectivity index (χ4n) is 1.22. The van der Waals surface area contributed by atoms with Gasteiger partial charge in [-0.05, 0) is 6.42 Å². The van der Waals surface area contributed by atoms with Gasteiger partial charge in [-0.15, -0.1) is 0 Å². The third kappa shape index (κ3) is 4.11. The Morgan fingerprint density at radius 3 is 2.59 bits per heavy atom. The van der Waals surface area contributed by atoms with Crippen LogP contribution in [0.1, 0.15) is 26.2 Å². The summed E-state index contributed by atoms with van der Waals surface area (Å²) in [5.74, 6) is -0.336. The van der Waals surface area contributed by atoms with E-state index in [1.165, 1.54) is 6.33 Å². The topological polar surface area (TPSA) is 80.9 Å². The summed E-state index contributed by atoms with van der Waals surface area (Å²) in [6.07, 6.45) is 3.71. The van der Waals surface area contributed by atoms with Gasteiger partial charge in [0.2, 0.25) is 5.91 Å². The van der Waals surface area contributed by atoms with Crippen molar-refractivity contribution in [3.8, 4) is 0 Å². The molecule has 3 N–H and O–H groups in total. The van der Waals surface area contributed by atoms with Gasteiger partial charge in [0.1, 0.15) is 12.0 Å². The van der Waals surface area contributed by atoms with Crippen LogP contribution in [0.5, 0.6) is 0 Å². The van der Waals surface area contributed by atoms with Gasteiger partial charge in [-0.2, -0.15) is 0 Å². The van der Waals surface area contributed by atoms with Crippen LogP contribution in [0.4, 0.5) is 5.69 Å². The Bertz CT molecular complexity index is 380. The van der Waals surface area contributed by atoms with Crippen molar-refractivity contribution in [2.45, 2.75) is 32.2 Å². The second-order valence-electron chi connectivity index (χ2n) is 3.57. The van der Waals surface area contributed by atoms with Crippen LogP contribution in [0.15, 0.2) is 6.33 Å². The molecule has 0 spiro atoms. The maximum absolute atomic E-state index is 11.7. The second-order valence-corrected chi connectivity index (χ2v) is 4.28. The van der Waals surface area contributed by atoms with E-state index in [-0.39, 0.29) is 21.9 Å². The predicted octanol–water partition coefficient (Wildman–Crippen LogP) is 2.24. The summed E-state index contributed by atoms with van der Waals surface area (Å²) in [6.45, 7) is 2.03. The van der Waals surface area contributed by atoms with Gasteiger partial charge < -0.3 is 11.1 Å². The lowest BCUT2D eigenvalue weighted by molar-refractivity contribution is -0.117. The molecule has 1 heterocycles. The average Bonchev–Trinajstić information content (AvgIpc) is 2.30. The van der Waals surface area contributed by atoms with Gasteiger partial charge in [0.05, 0.1) is 6.04 Å². The maximum Gasteiger partial charge on any atom is 0.241 e. The number of unbranched alkanes of at least 4 members (excludes halogenated alkanes) is 1. The van der Waals surface area contributed by atoms with Crippen molar-refractivity contribution in [3.05, 3.63) is 16.6 Å². The summed E-state index contributed by atoms with van der Waals surface area (Å²) in [7, 11) is 0. The van der Waals surface area contributed by atoms with Crippen molar-refractivity contribution in [2.75, 3.05) is 5.32 Å². The Morgan fingerprint density at radius 1 is 1.47 bits per heavy atom. The highest BCUT2D eigenvalue weighted by Crippen LogP contribution is 2.25. The van der Waals surface area contributed by atoms with Crippen LogP contribution in [0.2, 0.25) is 10.3 Å². The molecule has 0 saturated heterocycles. The third-order valence-corrected chi connectivity index (χ3v) is 2.78. The zero-order valence-corrected chi connectivity index (χ0v) is 10.9. The number of hydrogen-bond donors (Lipinski definition) is 2. The first kappa shape index (κ1) is 14.2. The molecule has 0 aliphatic carbocycles. The molecule has 0 aromatic carbocycles. The van der Waals surface area contributed by atoms with Gasteiger partial charge in [0.15, 0.2) is 10.3 Å². The molecular weight excluding hydrogens is 263 g/mol. The lowest BCUT2D eigenvalue weighted by Crippen LogP contribution is -2.35. The van der Waals surface area contributed by atoms with Crippen molar-refractivity contribution in [1.82, 2.24) is 9.97 Å². The third-order valence-electron chi connectivity index (χ3n) is 2.21. The first-order chi connectivity index (χ1) is 8.06. The number of anilines is 1. The summed E-state index contributed by atoms with van der Waals surface area (Å²) >= 11 is 11.6. The van der Waals surface area contributed by atoms with E-state index in [0.717, 1.165) is 12.8 Å². The Hall–Kier alpha value is -0.910. The summed E-state index contributed by atoms with van der Waals surface area (Å²) in [5.41, 5.74) is 5.91. The Balaban J connectivity index is 2.68. The standard InChI is InChI=1S/C10H14Cl2N4O/c1-2-3-4-6(13)10(17)16-7-8(11)14-5-15-9(7)12/h5-6H,2-4,13H2,1H3,(H,16,17)/t6-/m0/s1. The van der Waals surface area contributed by atoms with E-state index in [0.29, 0.717) is 6.42 Å². The smallest absolute Gasteiger partial charge is 0.241 e. The van der Waals surface area contributed by atoms with Crippen molar-refractivity contribution in [1.29, 1.82) is 0 Å². The normalized spacial score (nSPS) is 12.2. The van der Waals surface area contributed by atoms with Crippen LogP contribution in [0, 0.1) is 0 Å². The number of carbonyl (C=O) groups is 1. The van der Waals surface area contributed by atoms with Crippen molar-refractivity contribution >= 4 is 34.8 Å². The van der Waals surface area contributed by atoms with Gasteiger partial charge >= 0.3 is 0 Å². The molecule has 7 heteroatoms. The van der Waals surface area contributed by atoms with Gasteiger partial charge in [0, 0.05) is 0 Å². The van der Waals surface area contributed by atoms with E-state index in [1.807, 2.05) is 6.92 Å². The molecular formula is C10H14Cl2N4O. The number of halogens is 2. The molecule has 0 bridgehead atoms. The Morgan fingerprint density at radius 2 is 2.06 bits per heavy atom. The molecule has 1 atom stereocenters. The van der Waals surface area contributed by atoms with Crippen LogP contribution >= 0.6 is 23.2 Å². The van der Waals surface area contributed by atoms with E-state index in [1.54, 1.807) is 0 Å². The summed E-state index contributed by atoms with van der Waals surface area (Å²) in [6, 6.07) is -0.581. The van der Waals surface area contributed by atoms with Crippen LogP contribution in [0.25, 0.3) is 0 Å². The van der Waals surface area contributed by atoms with E-state index in [2.05, 4.69) is 15.3 Å². The van der Waals surface area contributed by atoms with Gasteiger partial charge in [-0.1, -0.05) is 43.0 Å². The fraction of sp³-hybridized carbons (Fsp3) is 0.500. The largest absolute Gasteiger partial charge is 0.320 e. The molecule has 5 nitrogen and oxygen atoms in total. The first-order valence-corrected chi connectivity index (χ1v) is 6.04. The number of nitrogens with zero attached hydrogens (tertiary/aromatic N) is 2. The summed E-state index contributed by atoms with van der Waals surface area (Å²) < 4.78 is 0. The minimum absolute atomic E-state index is 0.0982. The minimum atomic E-state index is -0.581. The van der Waals surface area contributed by atoms with Crippen molar-refractivity contribution in [3.63, 3.8) is 0 Å². The van der Waals surface area contributed by atoms with E-state index in [4.69, 9.17) is 28.9 Å². The molecule has 1 rings (SSSR count). The molecule has 1 aromatic rings. The fourth-order valence-corrected chi connectivity index (χ4v) is 1.63. The quantitative estimate of drug-likeness (QED) is 0.809. The Kier molecular flexibility index (Phi) is 5.61. The molecule has 0 unspecified atom stereocenters. The number of rotatable bonds is 5. The van der Waals surface area contributed by atoms with Crippen molar-refractivity contribution in [2.24, 2.45) is 5.73 Å². The highest BCUT2D eigenvalue weighted by molar-refractivity contribution is 6.38. The molecule has 1 amide bonds. The Labute approximate surface area is 110 Å². The molecule has 17 heavy (non-hydrogen) atoms. The van der Waals surface area contributed by atoms with Gasteiger partial charge in [-0.3, -0.25) is 4.79 Å². The van der Waals surface area contributed by atoms with Gasteiger partial charge in [0.25, 0.3) is 0 Å². The lowest BCUT2D eigenvalue weighted by Gasteiger charge is -2.12. The zero-order valence-electron chi connectivity index (χ0n) is 9.41.